The molecule has 1 aromatic carbocycles. The van der Waals surface area contributed by atoms with Gasteiger partial charge in [-0.3, -0.25) is 4.68 Å². The Hall–Kier alpha value is -1.96. The number of aromatic nitrogens is 2. The fraction of sp³-hybridized carbons (Fsp3) is 0.444. The first-order chi connectivity index (χ1) is 11.8. The van der Waals surface area contributed by atoms with Gasteiger partial charge in [-0.05, 0) is 47.6 Å². The number of rotatable bonds is 3. The number of nitrogens with zero attached hydrogens (tertiary/aromatic N) is 3. The molecule has 1 aromatic heterocycles. The summed E-state index contributed by atoms with van der Waals surface area (Å²) in [5, 5.41) is 4.24. The minimum Gasteiger partial charge on any atom is -0.259 e. The lowest BCUT2D eigenvalue weighted by atomic mass is 10.0. The Morgan fingerprint density at radius 2 is 1.62 bits per heavy atom. The monoisotopic (exact) mass is 385 g/mol. The third-order valence-electron chi connectivity index (χ3n) is 3.51. The van der Waals surface area contributed by atoms with Crippen molar-refractivity contribution in [1.29, 1.82) is 0 Å². The van der Waals surface area contributed by atoms with E-state index in [1.54, 1.807) is 20.8 Å². The summed E-state index contributed by atoms with van der Waals surface area (Å²) in [4.78, 5) is 0. The molecule has 0 saturated carbocycles. The van der Waals surface area contributed by atoms with E-state index in [1.807, 2.05) is 20.8 Å². The second-order valence-corrected chi connectivity index (χ2v) is 9.81. The van der Waals surface area contributed by atoms with Gasteiger partial charge >= 0.3 is 0 Å². The first-order valence-electron chi connectivity index (χ1n) is 8.02. The van der Waals surface area contributed by atoms with Gasteiger partial charge in [0.2, 0.25) is 0 Å². The summed E-state index contributed by atoms with van der Waals surface area (Å²) in [6, 6.07) is 1.29. The molecule has 0 amide bonds. The Morgan fingerprint density at radius 3 is 2.15 bits per heavy atom. The molecule has 142 valence electrons. The van der Waals surface area contributed by atoms with Gasteiger partial charge in [-0.1, -0.05) is 0 Å². The zero-order valence-electron chi connectivity index (χ0n) is 15.6. The van der Waals surface area contributed by atoms with Crippen LogP contribution in [0.5, 0.6) is 0 Å². The van der Waals surface area contributed by atoms with Crippen LogP contribution in [0.1, 0.15) is 47.1 Å². The van der Waals surface area contributed by atoms with Crippen molar-refractivity contribution in [3.63, 3.8) is 0 Å². The quantitative estimate of drug-likeness (QED) is 0.572. The zero-order valence-corrected chi connectivity index (χ0v) is 16.4. The van der Waals surface area contributed by atoms with Crippen molar-refractivity contribution < 1.29 is 17.4 Å². The van der Waals surface area contributed by atoms with Gasteiger partial charge in [0.05, 0.1) is 22.2 Å². The predicted molar refractivity (Wildman–Crippen MR) is 98.0 cm³/mol. The standard InChI is InChI=1S/C18H22F3N3OS/c1-17(2,3)24-16(12-7-14(20)15(21)8-13(12)19)11(9-22-24)10-23-26(25)18(4,5)6/h7-10H,1-6H3. The largest absolute Gasteiger partial charge is 0.259 e. The Morgan fingerprint density at radius 1 is 1.04 bits per heavy atom. The summed E-state index contributed by atoms with van der Waals surface area (Å²) < 4.78 is 58.5. The van der Waals surface area contributed by atoms with Gasteiger partial charge in [0.15, 0.2) is 11.6 Å². The van der Waals surface area contributed by atoms with E-state index >= 15 is 0 Å². The molecule has 0 aliphatic heterocycles. The van der Waals surface area contributed by atoms with Gasteiger partial charge in [0.1, 0.15) is 16.8 Å². The third kappa shape index (κ3) is 4.23. The highest BCUT2D eigenvalue weighted by Gasteiger charge is 2.25. The Bertz CT molecular complexity index is 877. The van der Waals surface area contributed by atoms with E-state index in [-0.39, 0.29) is 11.3 Å². The molecule has 4 nitrogen and oxygen atoms in total. The van der Waals surface area contributed by atoms with Gasteiger partial charge < -0.3 is 0 Å². The van der Waals surface area contributed by atoms with Crippen LogP contribution in [0.25, 0.3) is 11.3 Å². The van der Waals surface area contributed by atoms with Crippen LogP contribution in [0.2, 0.25) is 0 Å². The van der Waals surface area contributed by atoms with Crippen molar-refractivity contribution in [2.24, 2.45) is 4.40 Å². The van der Waals surface area contributed by atoms with E-state index in [9.17, 15) is 17.4 Å². The van der Waals surface area contributed by atoms with Crippen LogP contribution < -0.4 is 0 Å². The van der Waals surface area contributed by atoms with E-state index in [1.165, 1.54) is 17.1 Å². The predicted octanol–water partition coefficient (Wildman–Crippen LogP) is 4.60. The number of benzene rings is 1. The lowest BCUT2D eigenvalue weighted by Crippen LogP contribution is -2.24. The highest BCUT2D eigenvalue weighted by Crippen LogP contribution is 2.31. The molecule has 0 spiro atoms. The van der Waals surface area contributed by atoms with Gasteiger partial charge in [0, 0.05) is 23.4 Å². The molecule has 8 heteroatoms. The van der Waals surface area contributed by atoms with E-state index in [0.29, 0.717) is 11.6 Å². The average Bonchev–Trinajstić information content (AvgIpc) is 2.91. The van der Waals surface area contributed by atoms with Crippen molar-refractivity contribution in [1.82, 2.24) is 9.78 Å². The number of hydrogen-bond donors (Lipinski definition) is 0. The Balaban J connectivity index is 2.67. The van der Waals surface area contributed by atoms with Crippen LogP contribution in [0.3, 0.4) is 0 Å². The third-order valence-corrected chi connectivity index (χ3v) is 4.85. The van der Waals surface area contributed by atoms with Gasteiger partial charge in [-0.2, -0.15) is 9.50 Å². The maximum Gasteiger partial charge on any atom is 0.161 e. The zero-order chi connectivity index (χ0) is 19.9. The van der Waals surface area contributed by atoms with Crippen molar-refractivity contribution in [2.45, 2.75) is 51.8 Å². The molecule has 0 aliphatic rings. The average molecular weight is 385 g/mol. The second-order valence-electron chi connectivity index (χ2n) is 7.87. The molecule has 0 fully saturated rings. The summed E-state index contributed by atoms with van der Waals surface area (Å²) in [5.41, 5.74) is -0.0904. The van der Waals surface area contributed by atoms with Crippen LogP contribution in [-0.4, -0.2) is 25.0 Å². The van der Waals surface area contributed by atoms with Crippen LogP contribution in [0.15, 0.2) is 22.7 Å². The minimum absolute atomic E-state index is 0.140. The molecule has 26 heavy (non-hydrogen) atoms. The van der Waals surface area contributed by atoms with Crippen molar-refractivity contribution >= 4 is 17.2 Å². The van der Waals surface area contributed by atoms with E-state index in [4.69, 9.17) is 0 Å². The normalized spacial score (nSPS) is 14.2. The first kappa shape index (κ1) is 20.4. The SMILES string of the molecule is CC(C)(C)n1ncc(C=NS(=O)C(C)(C)C)c1-c1cc(F)c(F)cc1F. The number of halogens is 3. The Labute approximate surface area is 153 Å². The molecular formula is C18H22F3N3OS. The summed E-state index contributed by atoms with van der Waals surface area (Å²) >= 11 is 0. The summed E-state index contributed by atoms with van der Waals surface area (Å²) in [6.07, 6.45) is 2.76. The van der Waals surface area contributed by atoms with Crippen LogP contribution >= 0.6 is 0 Å². The van der Waals surface area contributed by atoms with E-state index in [0.717, 1.165) is 6.07 Å². The van der Waals surface area contributed by atoms with E-state index in [2.05, 4.69) is 9.50 Å². The lowest BCUT2D eigenvalue weighted by molar-refractivity contribution is 0.359. The van der Waals surface area contributed by atoms with Crippen LogP contribution in [-0.2, 0) is 16.5 Å². The van der Waals surface area contributed by atoms with Crippen LogP contribution in [0, 0.1) is 17.5 Å². The molecule has 2 aromatic rings. The molecule has 0 radical (unpaired) electrons. The van der Waals surface area contributed by atoms with Crippen molar-refractivity contribution in [3.05, 3.63) is 41.3 Å². The van der Waals surface area contributed by atoms with Crippen molar-refractivity contribution in [2.75, 3.05) is 0 Å². The minimum atomic E-state index is -1.52. The fourth-order valence-corrected chi connectivity index (χ4v) is 2.73. The maximum absolute atomic E-state index is 14.4. The highest BCUT2D eigenvalue weighted by atomic mass is 32.2. The molecule has 2 rings (SSSR count). The highest BCUT2D eigenvalue weighted by molar-refractivity contribution is 7.85. The summed E-state index contributed by atoms with van der Waals surface area (Å²) in [5.74, 6) is -3.34. The summed E-state index contributed by atoms with van der Waals surface area (Å²) in [7, 11) is -1.52. The molecule has 1 atom stereocenters. The van der Waals surface area contributed by atoms with Gasteiger partial charge in [-0.25, -0.2) is 17.4 Å². The van der Waals surface area contributed by atoms with Crippen LogP contribution in [0.4, 0.5) is 13.2 Å². The van der Waals surface area contributed by atoms with Crippen molar-refractivity contribution in [3.8, 4) is 11.3 Å². The summed E-state index contributed by atoms with van der Waals surface area (Å²) in [6.45, 7) is 10.8. The fourth-order valence-electron chi connectivity index (χ4n) is 2.20. The molecule has 1 unspecified atom stereocenters. The smallest absolute Gasteiger partial charge is 0.161 e. The molecule has 0 N–H and O–H groups in total. The number of hydrogen-bond acceptors (Lipinski definition) is 2. The molecule has 0 aliphatic carbocycles. The topological polar surface area (TPSA) is 47.2 Å². The van der Waals surface area contributed by atoms with Gasteiger partial charge in [0.25, 0.3) is 0 Å². The first-order valence-corrected chi connectivity index (χ1v) is 9.12. The molecule has 0 saturated heterocycles. The second kappa shape index (κ2) is 6.98. The maximum atomic E-state index is 14.4. The Kier molecular flexibility index (Phi) is 5.46. The molecule has 1 heterocycles. The molecular weight excluding hydrogens is 363 g/mol. The molecule has 0 bridgehead atoms. The van der Waals surface area contributed by atoms with E-state index < -0.39 is 38.7 Å². The lowest BCUT2D eigenvalue weighted by Gasteiger charge is -2.23. The van der Waals surface area contributed by atoms with Gasteiger partial charge in [-0.15, -0.1) is 0 Å².